The van der Waals surface area contributed by atoms with Gasteiger partial charge in [-0.2, -0.15) is 0 Å². The fourth-order valence-corrected chi connectivity index (χ4v) is 13.5. The van der Waals surface area contributed by atoms with Gasteiger partial charge in [0.1, 0.15) is 19.3 Å². The van der Waals surface area contributed by atoms with E-state index in [0.717, 1.165) is 95.8 Å². The number of aliphatic hydroxyl groups excluding tert-OH is 1. The van der Waals surface area contributed by atoms with E-state index < -0.39 is 97.5 Å². The predicted octanol–water partition coefficient (Wildman–Crippen LogP) is 22.9. The fourth-order valence-electron chi connectivity index (χ4n) is 11.9. The van der Waals surface area contributed by atoms with E-state index in [9.17, 15) is 43.2 Å². The molecule has 0 aliphatic rings. The lowest BCUT2D eigenvalue weighted by Gasteiger charge is -2.21. The molecule has 0 saturated heterocycles. The number of ether oxygens (including phenoxy) is 4. The van der Waals surface area contributed by atoms with E-state index in [1.807, 2.05) is 0 Å². The van der Waals surface area contributed by atoms with E-state index in [4.69, 9.17) is 37.0 Å². The van der Waals surface area contributed by atoms with Crippen LogP contribution < -0.4 is 0 Å². The molecule has 0 bridgehead atoms. The quantitative estimate of drug-likeness (QED) is 0.0222. The zero-order valence-corrected chi connectivity index (χ0v) is 64.3. The normalized spacial score (nSPS) is 13.9. The number of phosphoric ester groups is 2. The van der Waals surface area contributed by atoms with Gasteiger partial charge in [-0.15, -0.1) is 0 Å². The van der Waals surface area contributed by atoms with E-state index in [1.54, 1.807) is 0 Å². The first-order chi connectivity index (χ1) is 46.5. The fraction of sp³-hybridized carbons (Fsp3) is 0.948. The van der Waals surface area contributed by atoms with Crippen LogP contribution in [0.4, 0.5) is 0 Å². The molecule has 0 aliphatic carbocycles. The lowest BCUT2D eigenvalue weighted by molar-refractivity contribution is -0.161. The van der Waals surface area contributed by atoms with Crippen molar-refractivity contribution in [1.29, 1.82) is 0 Å². The number of hydrogen-bond donors (Lipinski definition) is 3. The molecular formula is C77H150O17P2. The van der Waals surface area contributed by atoms with Gasteiger partial charge in [0.2, 0.25) is 0 Å². The van der Waals surface area contributed by atoms with E-state index >= 15 is 0 Å². The molecule has 0 aromatic carbocycles. The standard InChI is InChI=1S/C77H150O17P2/c1-6-9-12-15-18-21-24-26-27-28-29-30-31-32-33-37-43-48-53-58-63-77(82)94-73(67-88-75(80)61-56-51-46-41-38-34-35-39-44-49-54-59-70(4)5)69-92-96(85,86)90-65-71(78)64-89-95(83,84)91-68-72(66-87-74(79)60-55-50-45-40-23-20-17-14-11-8-3)93-76(81)62-57-52-47-42-36-25-22-19-16-13-10-7-2/h70-73,78H,6-69H2,1-5H3,(H,83,84)(H,85,86)/t71-,72+,73+/m0/s1. The van der Waals surface area contributed by atoms with Gasteiger partial charge in [0.15, 0.2) is 12.2 Å². The molecule has 0 rings (SSSR count). The minimum atomic E-state index is -4.96. The Morgan fingerprint density at radius 1 is 0.281 bits per heavy atom. The number of rotatable bonds is 77. The first-order valence-electron chi connectivity index (χ1n) is 40.1. The highest BCUT2D eigenvalue weighted by Gasteiger charge is 2.30. The maximum atomic E-state index is 13.1. The van der Waals surface area contributed by atoms with Gasteiger partial charge in [0, 0.05) is 25.7 Å². The molecule has 2 unspecified atom stereocenters. The third kappa shape index (κ3) is 70.5. The van der Waals surface area contributed by atoms with Crippen molar-refractivity contribution < 1.29 is 80.2 Å². The Bertz CT molecular complexity index is 1840. The van der Waals surface area contributed by atoms with Crippen LogP contribution in [0.1, 0.15) is 407 Å². The second-order valence-electron chi connectivity index (χ2n) is 28.2. The van der Waals surface area contributed by atoms with Crippen molar-refractivity contribution in [2.45, 2.75) is 425 Å². The number of aliphatic hydroxyl groups is 1. The number of phosphoric acid groups is 2. The van der Waals surface area contributed by atoms with Crippen LogP contribution in [0.15, 0.2) is 0 Å². The van der Waals surface area contributed by atoms with Gasteiger partial charge in [-0.1, -0.05) is 356 Å². The molecule has 96 heavy (non-hydrogen) atoms. The molecule has 5 atom stereocenters. The molecule has 0 fully saturated rings. The number of carbonyl (C=O) groups is 4. The van der Waals surface area contributed by atoms with Crippen LogP contribution in [-0.2, 0) is 65.4 Å². The number of esters is 4. The van der Waals surface area contributed by atoms with Crippen molar-refractivity contribution in [3.05, 3.63) is 0 Å². The molecule has 0 saturated carbocycles. The van der Waals surface area contributed by atoms with Gasteiger partial charge in [-0.3, -0.25) is 37.3 Å². The summed E-state index contributed by atoms with van der Waals surface area (Å²) in [6.45, 7) is 7.30. The molecule has 0 heterocycles. The van der Waals surface area contributed by atoms with E-state index in [1.165, 1.54) is 231 Å². The number of unbranched alkanes of at least 4 members (excludes halogenated alkanes) is 49. The lowest BCUT2D eigenvalue weighted by Crippen LogP contribution is -2.30. The Balaban J connectivity index is 5.21. The van der Waals surface area contributed by atoms with Gasteiger partial charge in [0.25, 0.3) is 0 Å². The molecule has 0 aliphatic heterocycles. The van der Waals surface area contributed by atoms with E-state index in [2.05, 4.69) is 34.6 Å². The maximum Gasteiger partial charge on any atom is 0.472 e. The third-order valence-electron chi connectivity index (χ3n) is 18.0. The largest absolute Gasteiger partial charge is 0.472 e. The second kappa shape index (κ2) is 70.1. The Morgan fingerprint density at radius 3 is 0.708 bits per heavy atom. The third-order valence-corrected chi connectivity index (χ3v) is 19.9. The van der Waals surface area contributed by atoms with Crippen molar-refractivity contribution in [1.82, 2.24) is 0 Å². The minimum Gasteiger partial charge on any atom is -0.462 e. The zero-order chi connectivity index (χ0) is 70.5. The summed E-state index contributed by atoms with van der Waals surface area (Å²) in [5.41, 5.74) is 0. The van der Waals surface area contributed by atoms with Crippen LogP contribution in [0.5, 0.6) is 0 Å². The molecule has 0 radical (unpaired) electrons. The second-order valence-corrected chi connectivity index (χ2v) is 31.1. The van der Waals surface area contributed by atoms with Crippen molar-refractivity contribution in [2.24, 2.45) is 5.92 Å². The predicted molar refractivity (Wildman–Crippen MR) is 391 cm³/mol. The summed E-state index contributed by atoms with van der Waals surface area (Å²) in [5.74, 6) is -1.34. The summed E-state index contributed by atoms with van der Waals surface area (Å²) >= 11 is 0. The first kappa shape index (κ1) is 94.1. The van der Waals surface area contributed by atoms with Crippen LogP contribution in [0, 0.1) is 5.92 Å². The van der Waals surface area contributed by atoms with Crippen LogP contribution in [0.25, 0.3) is 0 Å². The average Bonchev–Trinajstić information content (AvgIpc) is 1.41. The minimum absolute atomic E-state index is 0.108. The van der Waals surface area contributed by atoms with Gasteiger partial charge in [-0.25, -0.2) is 9.13 Å². The van der Waals surface area contributed by atoms with Crippen molar-refractivity contribution in [3.63, 3.8) is 0 Å². The van der Waals surface area contributed by atoms with Crippen LogP contribution in [0.2, 0.25) is 0 Å². The average molecular weight is 1410 g/mol. The summed E-state index contributed by atoms with van der Waals surface area (Å²) < 4.78 is 68.5. The van der Waals surface area contributed by atoms with Gasteiger partial charge in [-0.05, 0) is 31.6 Å². The highest BCUT2D eigenvalue weighted by Crippen LogP contribution is 2.45. The summed E-state index contributed by atoms with van der Waals surface area (Å²) in [7, 11) is -9.91. The molecular weight excluding hydrogens is 1260 g/mol. The molecule has 0 aromatic heterocycles. The summed E-state index contributed by atoms with van der Waals surface area (Å²) in [6.07, 6.45) is 59.6. The maximum absolute atomic E-state index is 13.1. The Morgan fingerprint density at radius 2 is 0.479 bits per heavy atom. The number of carbonyl (C=O) groups excluding carboxylic acids is 4. The van der Waals surface area contributed by atoms with Crippen LogP contribution in [0.3, 0.4) is 0 Å². The Kier molecular flexibility index (Phi) is 68.7. The van der Waals surface area contributed by atoms with Gasteiger partial charge in [0.05, 0.1) is 26.4 Å². The highest BCUT2D eigenvalue weighted by atomic mass is 31.2. The molecule has 0 amide bonds. The molecule has 570 valence electrons. The number of hydrogen-bond acceptors (Lipinski definition) is 15. The SMILES string of the molecule is CCCCCCCCCCCCCCCCCCCCCCC(=O)O[C@H](COC(=O)CCCCCCCCCCCCCC(C)C)COP(=O)(O)OC[C@@H](O)COP(=O)(O)OC[C@@H](COC(=O)CCCCCCCCCCCC)OC(=O)CCCCCCCCCCCCCC. The highest BCUT2D eigenvalue weighted by molar-refractivity contribution is 7.47. The monoisotopic (exact) mass is 1410 g/mol. The molecule has 0 spiro atoms. The topological polar surface area (TPSA) is 237 Å². The molecule has 19 heteroatoms. The Labute approximate surface area is 588 Å². The summed E-state index contributed by atoms with van der Waals surface area (Å²) in [6, 6.07) is 0. The first-order valence-corrected chi connectivity index (χ1v) is 43.1. The smallest absolute Gasteiger partial charge is 0.462 e. The van der Waals surface area contributed by atoms with Crippen LogP contribution in [-0.4, -0.2) is 96.7 Å². The summed E-state index contributed by atoms with van der Waals surface area (Å²) in [5, 5.41) is 10.6. The van der Waals surface area contributed by atoms with Gasteiger partial charge < -0.3 is 33.8 Å². The lowest BCUT2D eigenvalue weighted by atomic mass is 10.0. The Hall–Kier alpha value is -1.94. The van der Waals surface area contributed by atoms with Crippen molar-refractivity contribution in [2.75, 3.05) is 39.6 Å². The van der Waals surface area contributed by atoms with Crippen molar-refractivity contribution in [3.8, 4) is 0 Å². The zero-order valence-electron chi connectivity index (χ0n) is 62.5. The molecule has 0 aromatic rings. The van der Waals surface area contributed by atoms with E-state index in [-0.39, 0.29) is 25.7 Å². The van der Waals surface area contributed by atoms with Crippen molar-refractivity contribution >= 4 is 39.5 Å². The van der Waals surface area contributed by atoms with Crippen LogP contribution >= 0.6 is 15.6 Å². The molecule has 17 nitrogen and oxygen atoms in total. The molecule has 3 N–H and O–H groups in total. The summed E-state index contributed by atoms with van der Waals surface area (Å²) in [4.78, 5) is 72.8. The van der Waals surface area contributed by atoms with E-state index in [0.29, 0.717) is 25.7 Å². The van der Waals surface area contributed by atoms with Gasteiger partial charge >= 0.3 is 39.5 Å².